The van der Waals surface area contributed by atoms with Crippen molar-refractivity contribution in [2.24, 2.45) is 0 Å². The first-order valence-corrected chi connectivity index (χ1v) is 7.89. The number of aromatic nitrogens is 2. The summed E-state index contributed by atoms with van der Waals surface area (Å²) in [6.07, 6.45) is 2.73. The van der Waals surface area contributed by atoms with Crippen LogP contribution in [0.5, 0.6) is 0 Å². The molecule has 0 spiro atoms. The van der Waals surface area contributed by atoms with E-state index < -0.39 is 17.9 Å². The number of halogens is 1. The van der Waals surface area contributed by atoms with Gasteiger partial charge in [0.1, 0.15) is 11.7 Å². The first kappa shape index (κ1) is 16.5. The maximum atomic E-state index is 12.5. The van der Waals surface area contributed by atoms with Crippen LogP contribution in [0.25, 0.3) is 5.65 Å². The standard InChI is InChI=1S/C15H18BrN3O3/c1-4-10-12(14(20)18-11(5-2)15(21)22)19-7-8(3)6-9(16)13(19)17-10/h6-7,11H,4-5H2,1-3H3,(H,18,20)(H,21,22). The summed E-state index contributed by atoms with van der Waals surface area (Å²) in [5.74, 6) is -1.46. The Morgan fingerprint density at radius 3 is 2.68 bits per heavy atom. The number of nitrogens with zero attached hydrogens (tertiary/aromatic N) is 2. The summed E-state index contributed by atoms with van der Waals surface area (Å²) >= 11 is 3.45. The SMILES string of the molecule is CCc1nc2c(Br)cc(C)cn2c1C(=O)NC(CC)C(=O)O. The Hall–Kier alpha value is -1.89. The fourth-order valence-corrected chi connectivity index (χ4v) is 2.97. The summed E-state index contributed by atoms with van der Waals surface area (Å²) in [7, 11) is 0. The number of carbonyl (C=O) groups is 2. The second-order valence-corrected chi connectivity index (χ2v) is 5.95. The minimum absolute atomic E-state index is 0.321. The van der Waals surface area contributed by atoms with E-state index in [0.717, 1.165) is 10.0 Å². The highest BCUT2D eigenvalue weighted by Crippen LogP contribution is 2.23. The van der Waals surface area contributed by atoms with Gasteiger partial charge in [-0.2, -0.15) is 0 Å². The van der Waals surface area contributed by atoms with Crippen LogP contribution < -0.4 is 5.32 Å². The topological polar surface area (TPSA) is 83.7 Å². The van der Waals surface area contributed by atoms with E-state index in [4.69, 9.17) is 5.11 Å². The molecule has 0 aliphatic heterocycles. The molecule has 6 nitrogen and oxygen atoms in total. The molecule has 0 aliphatic rings. The molecule has 118 valence electrons. The van der Waals surface area contributed by atoms with Crippen LogP contribution >= 0.6 is 15.9 Å². The minimum Gasteiger partial charge on any atom is -0.480 e. The molecule has 0 aromatic carbocycles. The summed E-state index contributed by atoms with van der Waals surface area (Å²) in [4.78, 5) is 28.1. The van der Waals surface area contributed by atoms with Crippen molar-refractivity contribution >= 4 is 33.5 Å². The summed E-state index contributed by atoms with van der Waals surface area (Å²) in [5.41, 5.74) is 2.65. The van der Waals surface area contributed by atoms with E-state index in [-0.39, 0.29) is 0 Å². The Bertz CT molecular complexity index is 739. The maximum absolute atomic E-state index is 12.5. The van der Waals surface area contributed by atoms with Gasteiger partial charge in [0.15, 0.2) is 5.65 Å². The van der Waals surface area contributed by atoms with Gasteiger partial charge in [-0.3, -0.25) is 9.20 Å². The lowest BCUT2D eigenvalue weighted by Crippen LogP contribution is -2.41. The molecular formula is C15H18BrN3O3. The van der Waals surface area contributed by atoms with Crippen molar-refractivity contribution < 1.29 is 14.7 Å². The molecule has 1 amide bonds. The number of hydrogen-bond acceptors (Lipinski definition) is 3. The molecule has 0 bridgehead atoms. The molecule has 2 N–H and O–H groups in total. The molecule has 0 saturated carbocycles. The smallest absolute Gasteiger partial charge is 0.326 e. The number of amides is 1. The zero-order valence-corrected chi connectivity index (χ0v) is 14.3. The number of nitrogens with one attached hydrogen (secondary N) is 1. The number of fused-ring (bicyclic) bond motifs is 1. The third-order valence-corrected chi connectivity index (χ3v) is 4.03. The molecule has 7 heteroatoms. The van der Waals surface area contributed by atoms with E-state index in [0.29, 0.717) is 29.9 Å². The zero-order valence-electron chi connectivity index (χ0n) is 12.7. The second-order valence-electron chi connectivity index (χ2n) is 5.09. The van der Waals surface area contributed by atoms with Crippen LogP contribution in [0.1, 0.15) is 42.0 Å². The van der Waals surface area contributed by atoms with Gasteiger partial charge in [-0.15, -0.1) is 0 Å². The molecular weight excluding hydrogens is 350 g/mol. The van der Waals surface area contributed by atoms with Gasteiger partial charge in [0.05, 0.1) is 10.2 Å². The average molecular weight is 368 g/mol. The summed E-state index contributed by atoms with van der Waals surface area (Å²) in [5, 5.41) is 11.7. The van der Waals surface area contributed by atoms with Crippen molar-refractivity contribution in [1.82, 2.24) is 14.7 Å². The van der Waals surface area contributed by atoms with E-state index in [9.17, 15) is 9.59 Å². The van der Waals surface area contributed by atoms with Crippen molar-refractivity contribution in [3.63, 3.8) is 0 Å². The Morgan fingerprint density at radius 1 is 1.45 bits per heavy atom. The predicted octanol–water partition coefficient (Wildman–Crippen LogP) is 2.56. The van der Waals surface area contributed by atoms with Crippen LogP contribution in [-0.2, 0) is 11.2 Å². The molecule has 22 heavy (non-hydrogen) atoms. The van der Waals surface area contributed by atoms with Crippen molar-refractivity contribution in [3.8, 4) is 0 Å². The lowest BCUT2D eigenvalue weighted by atomic mass is 10.2. The third-order valence-electron chi connectivity index (χ3n) is 3.45. The number of pyridine rings is 1. The van der Waals surface area contributed by atoms with Gasteiger partial charge in [0.2, 0.25) is 0 Å². The maximum Gasteiger partial charge on any atom is 0.326 e. The van der Waals surface area contributed by atoms with Gasteiger partial charge in [-0.1, -0.05) is 13.8 Å². The Kier molecular flexibility index (Phi) is 4.85. The molecule has 0 aliphatic carbocycles. The van der Waals surface area contributed by atoms with Gasteiger partial charge >= 0.3 is 5.97 Å². The monoisotopic (exact) mass is 367 g/mol. The Labute approximate surface area is 136 Å². The van der Waals surface area contributed by atoms with Crippen LogP contribution in [0.4, 0.5) is 0 Å². The first-order valence-electron chi connectivity index (χ1n) is 7.09. The van der Waals surface area contributed by atoms with E-state index >= 15 is 0 Å². The lowest BCUT2D eigenvalue weighted by Gasteiger charge is -2.13. The Balaban J connectivity index is 2.53. The molecule has 1 unspecified atom stereocenters. The normalized spacial score (nSPS) is 12.4. The highest BCUT2D eigenvalue weighted by molar-refractivity contribution is 9.10. The van der Waals surface area contributed by atoms with Crippen LogP contribution in [0.15, 0.2) is 16.7 Å². The van der Waals surface area contributed by atoms with Gasteiger partial charge < -0.3 is 10.4 Å². The summed E-state index contributed by atoms with van der Waals surface area (Å²) < 4.78 is 2.51. The second kappa shape index (κ2) is 6.48. The summed E-state index contributed by atoms with van der Waals surface area (Å²) in [6.45, 7) is 5.55. The van der Waals surface area contributed by atoms with Gasteiger partial charge in [0, 0.05) is 6.20 Å². The average Bonchev–Trinajstić information content (AvgIpc) is 2.82. The number of carboxylic acids is 1. The third kappa shape index (κ3) is 2.99. The fourth-order valence-electron chi connectivity index (χ4n) is 2.33. The lowest BCUT2D eigenvalue weighted by molar-refractivity contribution is -0.139. The van der Waals surface area contributed by atoms with Crippen LogP contribution in [0.3, 0.4) is 0 Å². The van der Waals surface area contributed by atoms with Crippen molar-refractivity contribution in [2.75, 3.05) is 0 Å². The molecule has 2 heterocycles. The van der Waals surface area contributed by atoms with E-state index in [2.05, 4.69) is 26.2 Å². The largest absolute Gasteiger partial charge is 0.480 e. The van der Waals surface area contributed by atoms with Crippen LogP contribution in [0.2, 0.25) is 0 Å². The van der Waals surface area contributed by atoms with Crippen molar-refractivity contribution in [2.45, 2.75) is 39.7 Å². The fraction of sp³-hybridized carbons (Fsp3) is 0.400. The number of hydrogen-bond donors (Lipinski definition) is 2. The molecule has 2 aromatic rings. The van der Waals surface area contributed by atoms with E-state index in [1.807, 2.05) is 26.1 Å². The molecule has 1 atom stereocenters. The number of rotatable bonds is 5. The van der Waals surface area contributed by atoms with Crippen molar-refractivity contribution in [3.05, 3.63) is 33.7 Å². The van der Waals surface area contributed by atoms with E-state index in [1.54, 1.807) is 11.3 Å². The van der Waals surface area contributed by atoms with Crippen LogP contribution in [-0.4, -0.2) is 32.4 Å². The molecule has 0 radical (unpaired) electrons. The van der Waals surface area contributed by atoms with Gasteiger partial charge in [-0.05, 0) is 47.3 Å². The number of imidazole rings is 1. The first-order chi connectivity index (χ1) is 10.4. The van der Waals surface area contributed by atoms with Crippen molar-refractivity contribution in [1.29, 1.82) is 0 Å². The quantitative estimate of drug-likeness (QED) is 0.850. The Morgan fingerprint density at radius 2 is 2.14 bits per heavy atom. The number of aliphatic carboxylic acids is 1. The molecule has 0 fully saturated rings. The predicted molar refractivity (Wildman–Crippen MR) is 86.2 cm³/mol. The number of carboxylic acid groups (broad SMARTS) is 1. The molecule has 0 saturated heterocycles. The molecule has 2 aromatic heterocycles. The highest BCUT2D eigenvalue weighted by atomic mass is 79.9. The van der Waals surface area contributed by atoms with Crippen LogP contribution in [0, 0.1) is 6.92 Å². The number of carbonyl (C=O) groups excluding carboxylic acids is 1. The summed E-state index contributed by atoms with van der Waals surface area (Å²) in [6, 6.07) is 1.02. The van der Waals surface area contributed by atoms with E-state index in [1.165, 1.54) is 0 Å². The minimum atomic E-state index is -1.04. The number of aryl methyl sites for hydroxylation is 2. The van der Waals surface area contributed by atoms with Gasteiger partial charge in [-0.25, -0.2) is 9.78 Å². The molecule has 2 rings (SSSR count). The highest BCUT2D eigenvalue weighted by Gasteiger charge is 2.24. The zero-order chi connectivity index (χ0) is 16.4. The van der Waals surface area contributed by atoms with Gasteiger partial charge in [0.25, 0.3) is 5.91 Å².